The summed E-state index contributed by atoms with van der Waals surface area (Å²) in [6.07, 6.45) is 1.49. The first-order chi connectivity index (χ1) is 15.0. The van der Waals surface area contributed by atoms with E-state index in [0.29, 0.717) is 33.9 Å². The second-order valence-corrected chi connectivity index (χ2v) is 6.69. The van der Waals surface area contributed by atoms with E-state index in [1.807, 2.05) is 13.0 Å². The number of hydrazone groups is 1. The lowest BCUT2D eigenvalue weighted by Gasteiger charge is -2.11. The Balaban J connectivity index is 1.66. The Hall–Kier alpha value is -3.87. The lowest BCUT2D eigenvalue weighted by molar-refractivity contribution is 0.0952. The summed E-state index contributed by atoms with van der Waals surface area (Å²) in [5, 5.41) is 4.00. The van der Waals surface area contributed by atoms with Crippen molar-refractivity contribution in [1.29, 1.82) is 0 Å². The van der Waals surface area contributed by atoms with Gasteiger partial charge in [0.2, 0.25) is 0 Å². The van der Waals surface area contributed by atoms with Gasteiger partial charge in [0, 0.05) is 5.56 Å². The molecule has 7 heteroatoms. The van der Waals surface area contributed by atoms with Crippen LogP contribution in [0.3, 0.4) is 0 Å². The standard InChI is InChI=1S/C24H23FN2O4/c1-16-8-10-19(22(12-16)29-2)24(28)27-26-14-17-9-11-21(23(13-17)30-3)31-15-18-6-4-5-7-20(18)25/h4-14H,15H2,1-3H3,(H,27,28)/b26-14-. The average Bonchev–Trinajstić information content (AvgIpc) is 2.78. The molecule has 0 unspecified atom stereocenters. The SMILES string of the molecule is COc1cc(/C=N\NC(=O)c2ccc(C)cc2OC)ccc1OCc1ccccc1F. The molecule has 0 aliphatic carbocycles. The second kappa shape index (κ2) is 10.2. The molecule has 3 aromatic carbocycles. The van der Waals surface area contributed by atoms with Crippen molar-refractivity contribution in [3.8, 4) is 17.2 Å². The van der Waals surface area contributed by atoms with Crippen molar-refractivity contribution < 1.29 is 23.4 Å². The van der Waals surface area contributed by atoms with E-state index >= 15 is 0 Å². The zero-order valence-electron chi connectivity index (χ0n) is 17.5. The van der Waals surface area contributed by atoms with Crippen LogP contribution in [0.5, 0.6) is 17.2 Å². The van der Waals surface area contributed by atoms with Crippen LogP contribution in [0.1, 0.15) is 27.0 Å². The molecular weight excluding hydrogens is 399 g/mol. The Bertz CT molecular complexity index is 1100. The molecule has 31 heavy (non-hydrogen) atoms. The van der Waals surface area contributed by atoms with E-state index in [2.05, 4.69) is 10.5 Å². The number of carbonyl (C=O) groups is 1. The number of benzene rings is 3. The minimum absolute atomic E-state index is 0.0743. The maximum absolute atomic E-state index is 13.8. The summed E-state index contributed by atoms with van der Waals surface area (Å²) in [5.74, 6) is 0.699. The van der Waals surface area contributed by atoms with E-state index < -0.39 is 0 Å². The number of nitrogens with one attached hydrogen (secondary N) is 1. The predicted molar refractivity (Wildman–Crippen MR) is 117 cm³/mol. The highest BCUT2D eigenvalue weighted by molar-refractivity contribution is 5.97. The molecule has 1 amide bonds. The molecule has 160 valence electrons. The largest absolute Gasteiger partial charge is 0.496 e. The van der Waals surface area contributed by atoms with Gasteiger partial charge in [-0.25, -0.2) is 9.82 Å². The van der Waals surface area contributed by atoms with Gasteiger partial charge in [-0.15, -0.1) is 0 Å². The molecule has 0 fully saturated rings. The molecule has 0 aliphatic heterocycles. The van der Waals surface area contributed by atoms with Gasteiger partial charge < -0.3 is 14.2 Å². The zero-order chi connectivity index (χ0) is 22.2. The van der Waals surface area contributed by atoms with Crippen molar-refractivity contribution in [1.82, 2.24) is 5.43 Å². The molecule has 0 heterocycles. The van der Waals surface area contributed by atoms with Crippen LogP contribution in [-0.4, -0.2) is 26.3 Å². The quantitative estimate of drug-likeness (QED) is 0.429. The van der Waals surface area contributed by atoms with Crippen LogP contribution >= 0.6 is 0 Å². The summed E-state index contributed by atoms with van der Waals surface area (Å²) in [4.78, 5) is 12.4. The summed E-state index contributed by atoms with van der Waals surface area (Å²) >= 11 is 0. The predicted octanol–water partition coefficient (Wildman–Crippen LogP) is 4.49. The van der Waals surface area contributed by atoms with Gasteiger partial charge >= 0.3 is 0 Å². The van der Waals surface area contributed by atoms with Crippen LogP contribution in [0.4, 0.5) is 4.39 Å². The fourth-order valence-electron chi connectivity index (χ4n) is 2.87. The molecular formula is C24H23FN2O4. The summed E-state index contributed by atoms with van der Waals surface area (Å²) in [5.41, 5.74) is 4.99. The normalized spacial score (nSPS) is 10.7. The van der Waals surface area contributed by atoms with Gasteiger partial charge in [0.05, 0.1) is 26.0 Å². The van der Waals surface area contributed by atoms with Crippen molar-refractivity contribution in [3.05, 3.63) is 88.7 Å². The van der Waals surface area contributed by atoms with Crippen molar-refractivity contribution >= 4 is 12.1 Å². The molecule has 6 nitrogen and oxygen atoms in total. The number of methoxy groups -OCH3 is 2. The topological polar surface area (TPSA) is 69.2 Å². The molecule has 0 radical (unpaired) electrons. The van der Waals surface area contributed by atoms with Crippen LogP contribution in [0, 0.1) is 12.7 Å². The Morgan fingerprint density at radius 3 is 2.52 bits per heavy atom. The summed E-state index contributed by atoms with van der Waals surface area (Å²) < 4.78 is 30.1. The van der Waals surface area contributed by atoms with Crippen molar-refractivity contribution in [3.63, 3.8) is 0 Å². The van der Waals surface area contributed by atoms with Gasteiger partial charge in [-0.2, -0.15) is 5.10 Å². The molecule has 0 spiro atoms. The molecule has 0 aromatic heterocycles. The Morgan fingerprint density at radius 2 is 1.77 bits per heavy atom. The van der Waals surface area contributed by atoms with Gasteiger partial charge in [-0.3, -0.25) is 4.79 Å². The van der Waals surface area contributed by atoms with Gasteiger partial charge in [-0.1, -0.05) is 24.3 Å². The van der Waals surface area contributed by atoms with E-state index in [9.17, 15) is 9.18 Å². The summed E-state index contributed by atoms with van der Waals surface area (Å²) in [7, 11) is 3.02. The highest BCUT2D eigenvalue weighted by Crippen LogP contribution is 2.28. The second-order valence-electron chi connectivity index (χ2n) is 6.69. The van der Waals surface area contributed by atoms with Crippen LogP contribution in [0.15, 0.2) is 65.8 Å². The molecule has 3 rings (SSSR count). The highest BCUT2D eigenvalue weighted by Gasteiger charge is 2.12. The third kappa shape index (κ3) is 5.60. The fourth-order valence-corrected chi connectivity index (χ4v) is 2.87. The number of nitrogens with zero attached hydrogens (tertiary/aromatic N) is 1. The fraction of sp³-hybridized carbons (Fsp3) is 0.167. The molecule has 0 atom stereocenters. The molecule has 1 N–H and O–H groups in total. The Morgan fingerprint density at radius 1 is 1.00 bits per heavy atom. The van der Waals surface area contributed by atoms with Gasteiger partial charge in [0.15, 0.2) is 11.5 Å². The van der Waals surface area contributed by atoms with Crippen LogP contribution in [0.2, 0.25) is 0 Å². The minimum atomic E-state index is -0.384. The van der Waals surface area contributed by atoms with Crippen LogP contribution in [0.25, 0.3) is 0 Å². The lowest BCUT2D eigenvalue weighted by atomic mass is 10.1. The number of rotatable bonds is 8. The Labute approximate surface area is 180 Å². The number of aryl methyl sites for hydroxylation is 1. The first-order valence-electron chi connectivity index (χ1n) is 9.54. The smallest absolute Gasteiger partial charge is 0.275 e. The third-order valence-electron chi connectivity index (χ3n) is 4.51. The number of hydrogen-bond acceptors (Lipinski definition) is 5. The van der Waals surface area contributed by atoms with E-state index in [4.69, 9.17) is 14.2 Å². The highest BCUT2D eigenvalue weighted by atomic mass is 19.1. The molecule has 3 aromatic rings. The number of ether oxygens (including phenoxy) is 3. The van der Waals surface area contributed by atoms with Crippen molar-refractivity contribution in [2.45, 2.75) is 13.5 Å². The van der Waals surface area contributed by atoms with Crippen molar-refractivity contribution in [2.75, 3.05) is 14.2 Å². The maximum atomic E-state index is 13.8. The van der Waals surface area contributed by atoms with Gasteiger partial charge in [0.1, 0.15) is 18.2 Å². The molecule has 0 saturated heterocycles. The van der Waals surface area contributed by atoms with E-state index in [0.717, 1.165) is 5.56 Å². The van der Waals surface area contributed by atoms with Gasteiger partial charge in [0.25, 0.3) is 5.91 Å². The molecule has 0 bridgehead atoms. The molecule has 0 aliphatic rings. The first kappa shape index (κ1) is 21.8. The van der Waals surface area contributed by atoms with Gasteiger partial charge in [-0.05, 0) is 54.4 Å². The first-order valence-corrected chi connectivity index (χ1v) is 9.54. The number of halogens is 1. The average molecular weight is 422 g/mol. The number of amides is 1. The van der Waals surface area contributed by atoms with E-state index in [1.165, 1.54) is 26.5 Å². The minimum Gasteiger partial charge on any atom is -0.496 e. The number of carbonyl (C=O) groups excluding carboxylic acids is 1. The maximum Gasteiger partial charge on any atom is 0.275 e. The summed E-state index contributed by atoms with van der Waals surface area (Å²) in [6.45, 7) is 1.99. The lowest BCUT2D eigenvalue weighted by Crippen LogP contribution is -2.18. The monoisotopic (exact) mass is 422 g/mol. The third-order valence-corrected chi connectivity index (χ3v) is 4.51. The Kier molecular flexibility index (Phi) is 7.22. The van der Waals surface area contributed by atoms with E-state index in [1.54, 1.807) is 48.5 Å². The summed E-state index contributed by atoms with van der Waals surface area (Å²) in [6, 6.07) is 16.9. The van der Waals surface area contributed by atoms with Crippen molar-refractivity contribution in [2.24, 2.45) is 5.10 Å². The zero-order valence-corrected chi connectivity index (χ0v) is 17.5. The van der Waals surface area contributed by atoms with Crippen LogP contribution < -0.4 is 19.6 Å². The number of hydrogen-bond donors (Lipinski definition) is 1. The van der Waals surface area contributed by atoms with Crippen LogP contribution in [-0.2, 0) is 6.61 Å². The van der Waals surface area contributed by atoms with E-state index in [-0.39, 0.29) is 18.3 Å². The molecule has 0 saturated carbocycles.